The molecule has 0 aliphatic rings. The van der Waals surface area contributed by atoms with Crippen molar-refractivity contribution in [2.45, 2.75) is 4.21 Å². The summed E-state index contributed by atoms with van der Waals surface area (Å²) in [6.45, 7) is 0. The number of hydrogen-bond acceptors (Lipinski definition) is 3. The number of ketones is 1. The fourth-order valence-electron chi connectivity index (χ4n) is 1.27. The lowest BCUT2D eigenvalue weighted by molar-refractivity contribution is 0.101. The summed E-state index contributed by atoms with van der Waals surface area (Å²) in [6, 6.07) is 6.66. The van der Waals surface area contributed by atoms with Crippen LogP contribution >= 0.6 is 23.1 Å². The molecule has 0 amide bonds. The predicted molar refractivity (Wildman–Crippen MR) is 65.7 cm³/mol. The molecule has 0 saturated heterocycles. The van der Waals surface area contributed by atoms with E-state index in [1.54, 1.807) is 0 Å². The summed E-state index contributed by atoms with van der Waals surface area (Å²) in [6.07, 6.45) is 0. The van der Waals surface area contributed by atoms with Gasteiger partial charge in [-0.05, 0) is 29.6 Å². The Morgan fingerprint density at radius 2 is 2.12 bits per heavy atom. The Morgan fingerprint density at radius 3 is 2.82 bits per heavy atom. The van der Waals surface area contributed by atoms with Crippen molar-refractivity contribution in [3.05, 3.63) is 52.9 Å². The maximum absolute atomic E-state index is 13.3. The summed E-state index contributed by atoms with van der Waals surface area (Å²) >= 11 is 2.83. The quantitative estimate of drug-likeness (QED) is 0.617. The molecule has 1 nitrogen and oxygen atoms in total. The van der Waals surface area contributed by atoms with Crippen molar-refractivity contribution in [1.29, 1.82) is 0 Å². The van der Waals surface area contributed by atoms with Crippen LogP contribution in [-0.4, -0.2) is 11.5 Å². The molecule has 0 spiro atoms. The minimum absolute atomic E-state index is 0.112. The van der Waals surface area contributed by atoms with E-state index < -0.39 is 17.4 Å². The van der Waals surface area contributed by atoms with Gasteiger partial charge in [0.25, 0.3) is 0 Å². The molecule has 88 valence electrons. The van der Waals surface area contributed by atoms with Gasteiger partial charge in [0.05, 0.1) is 15.5 Å². The molecule has 0 bridgehead atoms. The fraction of sp³-hybridized carbons (Fsp3) is 0.0833. The molecule has 0 unspecified atom stereocenters. The van der Waals surface area contributed by atoms with Gasteiger partial charge in [-0.3, -0.25) is 4.79 Å². The first-order chi connectivity index (χ1) is 8.16. The lowest BCUT2D eigenvalue weighted by atomic mass is 10.1. The topological polar surface area (TPSA) is 17.1 Å². The van der Waals surface area contributed by atoms with Gasteiger partial charge in [-0.25, -0.2) is 8.78 Å². The van der Waals surface area contributed by atoms with Gasteiger partial charge in [0.15, 0.2) is 5.78 Å². The summed E-state index contributed by atoms with van der Waals surface area (Å²) in [7, 11) is 0. The van der Waals surface area contributed by atoms with E-state index in [1.165, 1.54) is 23.1 Å². The maximum atomic E-state index is 13.3. The first-order valence-corrected chi connectivity index (χ1v) is 6.68. The molecule has 17 heavy (non-hydrogen) atoms. The van der Waals surface area contributed by atoms with Gasteiger partial charge >= 0.3 is 0 Å². The Kier molecular flexibility index (Phi) is 3.91. The monoisotopic (exact) mass is 270 g/mol. The summed E-state index contributed by atoms with van der Waals surface area (Å²) in [5, 5.41) is 1.90. The van der Waals surface area contributed by atoms with E-state index in [0.717, 1.165) is 22.4 Å². The minimum Gasteiger partial charge on any atom is -0.293 e. The van der Waals surface area contributed by atoms with Crippen molar-refractivity contribution in [3.8, 4) is 0 Å². The highest BCUT2D eigenvalue weighted by Gasteiger charge is 2.13. The summed E-state index contributed by atoms with van der Waals surface area (Å²) in [4.78, 5) is 11.7. The van der Waals surface area contributed by atoms with Crippen LogP contribution in [0.2, 0.25) is 0 Å². The molecule has 5 heteroatoms. The number of thioether (sulfide) groups is 1. The van der Waals surface area contributed by atoms with Crippen LogP contribution in [0.1, 0.15) is 10.4 Å². The van der Waals surface area contributed by atoms with Gasteiger partial charge in [-0.1, -0.05) is 6.07 Å². The zero-order valence-electron chi connectivity index (χ0n) is 8.65. The molecule has 0 fully saturated rings. The summed E-state index contributed by atoms with van der Waals surface area (Å²) < 4.78 is 27.2. The highest BCUT2D eigenvalue weighted by Crippen LogP contribution is 2.24. The van der Waals surface area contributed by atoms with Crippen molar-refractivity contribution in [1.82, 2.24) is 0 Å². The normalized spacial score (nSPS) is 10.5. The van der Waals surface area contributed by atoms with E-state index >= 15 is 0 Å². The molecule has 0 saturated carbocycles. The van der Waals surface area contributed by atoms with Gasteiger partial charge < -0.3 is 0 Å². The molecule has 2 aromatic rings. The molecule has 1 aromatic heterocycles. The number of rotatable bonds is 4. The second-order valence-electron chi connectivity index (χ2n) is 3.27. The number of Topliss-reactive ketones (excluding diaryl/α,β-unsaturated/α-hetero) is 1. The molecule has 1 heterocycles. The van der Waals surface area contributed by atoms with Gasteiger partial charge in [-0.2, -0.15) is 0 Å². The average molecular weight is 270 g/mol. The van der Waals surface area contributed by atoms with Gasteiger partial charge in [0.2, 0.25) is 0 Å². The van der Waals surface area contributed by atoms with Crippen LogP contribution in [0.4, 0.5) is 8.78 Å². The summed E-state index contributed by atoms with van der Waals surface area (Å²) in [5.74, 6) is -1.57. The third-order valence-electron chi connectivity index (χ3n) is 2.07. The van der Waals surface area contributed by atoms with E-state index in [0.29, 0.717) is 0 Å². The Balaban J connectivity index is 2.07. The van der Waals surface area contributed by atoms with Crippen molar-refractivity contribution in [3.63, 3.8) is 0 Å². The Bertz CT molecular complexity index is 523. The maximum Gasteiger partial charge on any atom is 0.176 e. The number of carbonyl (C=O) groups excluding carboxylic acids is 1. The van der Waals surface area contributed by atoms with E-state index in [9.17, 15) is 13.6 Å². The third kappa shape index (κ3) is 3.14. The molecule has 2 rings (SSSR count). The molecule has 0 atom stereocenters. The van der Waals surface area contributed by atoms with Gasteiger partial charge in [0, 0.05) is 0 Å². The number of halogens is 2. The zero-order valence-corrected chi connectivity index (χ0v) is 10.3. The van der Waals surface area contributed by atoms with Gasteiger partial charge in [-0.15, -0.1) is 23.1 Å². The van der Waals surface area contributed by atoms with E-state index in [-0.39, 0.29) is 11.3 Å². The Hall–Kier alpha value is -1.20. The molecule has 1 aromatic carbocycles. The Morgan fingerprint density at radius 1 is 1.29 bits per heavy atom. The average Bonchev–Trinajstić information content (AvgIpc) is 2.82. The van der Waals surface area contributed by atoms with Gasteiger partial charge in [0.1, 0.15) is 11.6 Å². The minimum atomic E-state index is -0.678. The van der Waals surface area contributed by atoms with Crippen LogP contribution in [0, 0.1) is 11.6 Å². The number of hydrogen-bond donors (Lipinski definition) is 0. The number of benzene rings is 1. The summed E-state index contributed by atoms with van der Waals surface area (Å²) in [5.41, 5.74) is -0.186. The van der Waals surface area contributed by atoms with Crippen molar-refractivity contribution >= 4 is 28.9 Å². The van der Waals surface area contributed by atoms with Crippen molar-refractivity contribution in [2.75, 3.05) is 5.75 Å². The van der Waals surface area contributed by atoms with Crippen molar-refractivity contribution < 1.29 is 13.6 Å². The van der Waals surface area contributed by atoms with Crippen LogP contribution < -0.4 is 0 Å². The van der Waals surface area contributed by atoms with Crippen LogP contribution in [0.3, 0.4) is 0 Å². The lowest BCUT2D eigenvalue weighted by Crippen LogP contribution is -2.05. The van der Waals surface area contributed by atoms with Crippen molar-refractivity contribution in [2.24, 2.45) is 0 Å². The first kappa shape index (κ1) is 12.3. The second-order valence-corrected chi connectivity index (χ2v) is 5.49. The van der Waals surface area contributed by atoms with E-state index in [1.807, 2.05) is 17.5 Å². The molecular weight excluding hydrogens is 262 g/mol. The molecule has 0 radical (unpaired) electrons. The third-order valence-corrected chi connectivity index (χ3v) is 4.20. The first-order valence-electron chi connectivity index (χ1n) is 4.81. The fourth-order valence-corrected chi connectivity index (χ4v) is 2.94. The van der Waals surface area contributed by atoms with Crippen LogP contribution in [0.5, 0.6) is 0 Å². The van der Waals surface area contributed by atoms with Crippen LogP contribution in [0.15, 0.2) is 39.9 Å². The van der Waals surface area contributed by atoms with Crippen LogP contribution in [-0.2, 0) is 0 Å². The Labute approximate surface area is 105 Å². The second kappa shape index (κ2) is 5.42. The van der Waals surface area contributed by atoms with E-state index in [2.05, 4.69) is 0 Å². The standard InChI is InChI=1S/C12H8F2OS2/c13-8-3-4-10(14)9(6-8)11(15)7-17-12-2-1-5-16-12/h1-6H,7H2. The molecule has 0 aliphatic carbocycles. The number of thiophene rings is 1. The predicted octanol–water partition coefficient (Wildman–Crippen LogP) is 4.00. The largest absolute Gasteiger partial charge is 0.293 e. The zero-order chi connectivity index (χ0) is 12.3. The molecule has 0 aliphatic heterocycles. The van der Waals surface area contributed by atoms with E-state index in [4.69, 9.17) is 0 Å². The SMILES string of the molecule is O=C(CSc1cccs1)c1cc(F)ccc1F. The number of carbonyl (C=O) groups is 1. The van der Waals surface area contributed by atoms with Crippen LogP contribution in [0.25, 0.3) is 0 Å². The highest BCUT2D eigenvalue weighted by molar-refractivity contribution is 8.01. The smallest absolute Gasteiger partial charge is 0.176 e. The lowest BCUT2D eigenvalue weighted by Gasteiger charge is -2.01. The molecule has 0 N–H and O–H groups in total. The highest BCUT2D eigenvalue weighted by atomic mass is 32.2. The molecular formula is C12H8F2OS2.